The maximum atomic E-state index is 5.28. The minimum absolute atomic E-state index is 0. The molecule has 1 aromatic heterocycles. The van der Waals surface area contributed by atoms with Crippen LogP contribution in [-0.4, -0.2) is 24.8 Å². The average molecular weight is 241 g/mol. The third kappa shape index (κ3) is 5.65. The van der Waals surface area contributed by atoms with Crippen molar-refractivity contribution in [1.29, 1.82) is 0 Å². The molecule has 0 atom stereocenters. The number of aromatic nitrogens is 1. The van der Waals surface area contributed by atoms with Crippen LogP contribution in [-0.2, 0) is 11.3 Å². The highest BCUT2D eigenvalue weighted by Gasteiger charge is 2.03. The van der Waals surface area contributed by atoms with E-state index in [-0.39, 0.29) is 8.16 Å². The number of nitrogens with two attached hydrogens (primary N) is 1. The van der Waals surface area contributed by atoms with Gasteiger partial charge in [-0.25, -0.2) is 4.98 Å². The number of hydrogen-bond acceptors (Lipinski definition) is 4. The Labute approximate surface area is 106 Å². The van der Waals surface area contributed by atoms with Gasteiger partial charge in [0.15, 0.2) is 0 Å². The lowest BCUT2D eigenvalue weighted by atomic mass is 10.2. The summed E-state index contributed by atoms with van der Waals surface area (Å²) in [4.78, 5) is 6.53. The standard InChI is InChI=1S/C11H19N3O.C2H6.H2/c1-3-14(4-2)11-7-10(5-6-13-11)8-15-9-12;1-2;/h5-7H,3-4,8-9,12H2,1-2H3;1-2H3;1H. The van der Waals surface area contributed by atoms with Crippen molar-refractivity contribution in [2.45, 2.75) is 34.3 Å². The van der Waals surface area contributed by atoms with Gasteiger partial charge >= 0.3 is 0 Å². The van der Waals surface area contributed by atoms with Crippen LogP contribution in [0.4, 0.5) is 5.82 Å². The highest BCUT2D eigenvalue weighted by molar-refractivity contribution is 5.40. The number of anilines is 1. The number of ether oxygens (including phenoxy) is 1. The van der Waals surface area contributed by atoms with Gasteiger partial charge in [0.2, 0.25) is 0 Å². The minimum atomic E-state index is 0. The zero-order valence-electron chi connectivity index (χ0n) is 11.4. The predicted octanol–water partition coefficient (Wildman–Crippen LogP) is 2.63. The fourth-order valence-corrected chi connectivity index (χ4v) is 1.45. The summed E-state index contributed by atoms with van der Waals surface area (Å²) in [6, 6.07) is 3.99. The van der Waals surface area contributed by atoms with E-state index in [9.17, 15) is 0 Å². The van der Waals surface area contributed by atoms with E-state index in [1.54, 1.807) is 0 Å². The number of pyridine rings is 1. The van der Waals surface area contributed by atoms with Crippen LogP contribution < -0.4 is 10.6 Å². The van der Waals surface area contributed by atoms with Crippen LogP contribution in [0.5, 0.6) is 0 Å². The van der Waals surface area contributed by atoms with Crippen molar-refractivity contribution >= 4 is 5.82 Å². The number of nitrogens with zero attached hydrogens (tertiary/aromatic N) is 2. The monoisotopic (exact) mass is 241 g/mol. The van der Waals surface area contributed by atoms with Gasteiger partial charge in [-0.15, -0.1) is 0 Å². The largest absolute Gasteiger partial charge is 0.362 e. The third-order valence-electron chi connectivity index (χ3n) is 2.28. The van der Waals surface area contributed by atoms with Gasteiger partial charge in [0, 0.05) is 20.7 Å². The molecule has 4 nitrogen and oxygen atoms in total. The molecular formula is C13H27N3O. The molecule has 0 bridgehead atoms. The number of rotatable bonds is 6. The Bertz CT molecular complexity index is 293. The first kappa shape index (κ1) is 15.9. The first-order valence-electron chi connectivity index (χ1n) is 6.29. The summed E-state index contributed by atoms with van der Waals surface area (Å²) in [5, 5.41) is 0. The first-order chi connectivity index (χ1) is 8.31. The van der Waals surface area contributed by atoms with E-state index in [0.717, 1.165) is 24.5 Å². The van der Waals surface area contributed by atoms with Crippen molar-refractivity contribution in [2.75, 3.05) is 24.7 Å². The molecule has 100 valence electrons. The molecule has 0 fully saturated rings. The molecule has 0 saturated carbocycles. The first-order valence-corrected chi connectivity index (χ1v) is 6.29. The summed E-state index contributed by atoms with van der Waals surface area (Å²) >= 11 is 0. The highest BCUT2D eigenvalue weighted by atomic mass is 16.5. The quantitative estimate of drug-likeness (QED) is 0.778. The predicted molar refractivity (Wildman–Crippen MR) is 75.1 cm³/mol. The average Bonchev–Trinajstić information content (AvgIpc) is 2.41. The zero-order valence-corrected chi connectivity index (χ0v) is 11.4. The van der Waals surface area contributed by atoms with Crippen molar-refractivity contribution in [3.63, 3.8) is 0 Å². The molecule has 0 saturated heterocycles. The normalized spacial score (nSPS) is 9.47. The molecule has 1 heterocycles. The molecule has 0 radical (unpaired) electrons. The topological polar surface area (TPSA) is 51.4 Å². The summed E-state index contributed by atoms with van der Waals surface area (Å²) in [7, 11) is 0. The molecule has 4 heteroatoms. The molecule has 0 aliphatic heterocycles. The molecule has 0 aliphatic carbocycles. The van der Waals surface area contributed by atoms with E-state index >= 15 is 0 Å². The summed E-state index contributed by atoms with van der Waals surface area (Å²) in [5.74, 6) is 0.998. The Morgan fingerprint density at radius 1 is 1.35 bits per heavy atom. The van der Waals surface area contributed by atoms with Gasteiger partial charge in [-0.3, -0.25) is 0 Å². The smallest absolute Gasteiger partial charge is 0.128 e. The van der Waals surface area contributed by atoms with Gasteiger partial charge in [-0.1, -0.05) is 13.8 Å². The van der Waals surface area contributed by atoms with E-state index in [4.69, 9.17) is 10.5 Å². The van der Waals surface area contributed by atoms with Crippen molar-refractivity contribution in [3.8, 4) is 0 Å². The van der Waals surface area contributed by atoms with E-state index in [1.165, 1.54) is 0 Å². The molecule has 0 aromatic carbocycles. The summed E-state index contributed by atoms with van der Waals surface area (Å²) in [5.41, 5.74) is 6.39. The molecular weight excluding hydrogens is 214 g/mol. The van der Waals surface area contributed by atoms with Gasteiger partial charge in [-0.05, 0) is 31.5 Å². The van der Waals surface area contributed by atoms with E-state index in [1.807, 2.05) is 32.2 Å². The molecule has 0 spiro atoms. The lowest BCUT2D eigenvalue weighted by molar-refractivity contribution is 0.127. The highest BCUT2D eigenvalue weighted by Crippen LogP contribution is 2.12. The third-order valence-corrected chi connectivity index (χ3v) is 2.28. The molecule has 1 aromatic rings. The van der Waals surface area contributed by atoms with Crippen LogP contribution in [0.25, 0.3) is 0 Å². The second-order valence-corrected chi connectivity index (χ2v) is 3.21. The molecule has 0 aliphatic rings. The van der Waals surface area contributed by atoms with E-state index < -0.39 is 0 Å². The second-order valence-electron chi connectivity index (χ2n) is 3.21. The fourth-order valence-electron chi connectivity index (χ4n) is 1.45. The van der Waals surface area contributed by atoms with Crippen LogP contribution in [0.1, 0.15) is 34.7 Å². The molecule has 2 N–H and O–H groups in total. The maximum absolute atomic E-state index is 5.28. The van der Waals surface area contributed by atoms with Gasteiger partial charge in [0.05, 0.1) is 13.3 Å². The minimum Gasteiger partial charge on any atom is -0.362 e. The van der Waals surface area contributed by atoms with Crippen molar-refractivity contribution in [1.82, 2.24) is 4.98 Å². The Hall–Kier alpha value is -1.13. The molecule has 0 amide bonds. The van der Waals surface area contributed by atoms with Crippen molar-refractivity contribution < 1.29 is 6.16 Å². The van der Waals surface area contributed by atoms with Crippen LogP contribution in [0, 0.1) is 0 Å². The van der Waals surface area contributed by atoms with Crippen LogP contribution in [0.2, 0.25) is 0 Å². The van der Waals surface area contributed by atoms with E-state index in [2.05, 4.69) is 23.7 Å². The lowest BCUT2D eigenvalue weighted by Crippen LogP contribution is -2.23. The Morgan fingerprint density at radius 2 is 2.00 bits per heavy atom. The van der Waals surface area contributed by atoms with Crippen LogP contribution in [0.3, 0.4) is 0 Å². The van der Waals surface area contributed by atoms with Crippen molar-refractivity contribution in [3.05, 3.63) is 23.9 Å². The Morgan fingerprint density at radius 3 is 2.53 bits per heavy atom. The van der Waals surface area contributed by atoms with Crippen LogP contribution in [0.15, 0.2) is 18.3 Å². The van der Waals surface area contributed by atoms with Gasteiger partial charge in [0.25, 0.3) is 0 Å². The number of hydrogen-bond donors (Lipinski definition) is 1. The molecule has 17 heavy (non-hydrogen) atoms. The van der Waals surface area contributed by atoms with Gasteiger partial charge in [0.1, 0.15) is 5.82 Å². The van der Waals surface area contributed by atoms with Crippen molar-refractivity contribution in [2.24, 2.45) is 5.73 Å². The molecule has 0 unspecified atom stereocenters. The van der Waals surface area contributed by atoms with E-state index in [0.29, 0.717) is 6.61 Å². The summed E-state index contributed by atoms with van der Waals surface area (Å²) in [6.07, 6.45) is 1.81. The van der Waals surface area contributed by atoms with Gasteiger partial charge in [-0.2, -0.15) is 0 Å². The fraction of sp³-hybridized carbons (Fsp3) is 0.615. The zero-order chi connectivity index (χ0) is 13.1. The summed E-state index contributed by atoms with van der Waals surface area (Å²) < 4.78 is 5.15. The van der Waals surface area contributed by atoms with Gasteiger partial charge < -0.3 is 15.4 Å². The summed E-state index contributed by atoms with van der Waals surface area (Å²) in [6.45, 7) is 11.0. The molecule has 1 rings (SSSR count). The Balaban J connectivity index is 0. The SMILES string of the molecule is CC.CCN(CC)c1cc(COCN)ccn1.[HH]. The maximum Gasteiger partial charge on any atom is 0.128 e. The van der Waals surface area contributed by atoms with Crippen LogP contribution >= 0.6 is 0 Å². The lowest BCUT2D eigenvalue weighted by Gasteiger charge is -2.20. The Kier molecular flexibility index (Phi) is 9.38. The second kappa shape index (κ2) is 10.1.